The highest BCUT2D eigenvalue weighted by atomic mass is 16.6. The Morgan fingerprint density at radius 2 is 1.89 bits per heavy atom. The van der Waals surface area contributed by atoms with Gasteiger partial charge in [-0.15, -0.1) is 0 Å². The molecule has 0 amide bonds. The van der Waals surface area contributed by atoms with Crippen LogP contribution in [0.4, 0.5) is 16.4 Å². The van der Waals surface area contributed by atoms with Gasteiger partial charge in [0, 0.05) is 5.69 Å². The number of para-hydroxylation sites is 1. The highest BCUT2D eigenvalue weighted by Crippen LogP contribution is 2.26. The topological polar surface area (TPSA) is 93.5 Å². The second-order valence-electron chi connectivity index (χ2n) is 7.58. The Morgan fingerprint density at radius 3 is 2.54 bits per heavy atom. The Bertz CT molecular complexity index is 1050. The molecular formula is C21H23N3O4. The molecule has 0 aliphatic heterocycles. The van der Waals surface area contributed by atoms with Crippen LogP contribution < -0.4 is 5.32 Å². The van der Waals surface area contributed by atoms with Gasteiger partial charge in [0.05, 0.1) is 17.5 Å². The van der Waals surface area contributed by atoms with Gasteiger partial charge >= 0.3 is 12.1 Å². The van der Waals surface area contributed by atoms with Crippen LogP contribution in [-0.2, 0) is 16.0 Å². The molecule has 0 saturated heterocycles. The second kappa shape index (κ2) is 7.34. The first kappa shape index (κ1) is 19.4. The van der Waals surface area contributed by atoms with Gasteiger partial charge in [-0.2, -0.15) is 0 Å². The number of ether oxygens (including phenoxy) is 1. The summed E-state index contributed by atoms with van der Waals surface area (Å²) >= 11 is 0. The normalized spacial score (nSPS) is 11.4. The van der Waals surface area contributed by atoms with Gasteiger partial charge in [-0.05, 0) is 57.0 Å². The fourth-order valence-corrected chi connectivity index (χ4v) is 2.82. The first-order valence-corrected chi connectivity index (χ1v) is 8.93. The number of hydrogen-bond acceptors (Lipinski definition) is 5. The lowest BCUT2D eigenvalue weighted by molar-refractivity contribution is -0.136. The largest absolute Gasteiger partial charge is 0.481 e. The summed E-state index contributed by atoms with van der Waals surface area (Å²) in [5, 5.41) is 12.2. The van der Waals surface area contributed by atoms with Gasteiger partial charge in [0.15, 0.2) is 0 Å². The number of carboxylic acid groups (broad SMARTS) is 1. The minimum atomic E-state index is -0.927. The van der Waals surface area contributed by atoms with Crippen LogP contribution in [0.1, 0.15) is 31.9 Å². The van der Waals surface area contributed by atoms with E-state index in [4.69, 9.17) is 9.84 Å². The highest BCUT2D eigenvalue weighted by molar-refractivity contribution is 5.92. The number of aliphatic carboxylic acids is 1. The first-order chi connectivity index (χ1) is 13.1. The van der Waals surface area contributed by atoms with Gasteiger partial charge in [-0.3, -0.25) is 4.79 Å². The van der Waals surface area contributed by atoms with E-state index in [0.717, 1.165) is 11.3 Å². The number of aromatic nitrogens is 2. The lowest BCUT2D eigenvalue weighted by Crippen LogP contribution is -2.27. The third kappa shape index (κ3) is 4.31. The molecule has 146 valence electrons. The molecule has 7 nitrogen and oxygen atoms in total. The molecule has 0 bridgehead atoms. The van der Waals surface area contributed by atoms with E-state index >= 15 is 0 Å². The predicted octanol–water partition coefficient (Wildman–Crippen LogP) is 4.50. The first-order valence-electron chi connectivity index (χ1n) is 8.93. The molecular weight excluding hydrogens is 358 g/mol. The van der Waals surface area contributed by atoms with Gasteiger partial charge < -0.3 is 15.2 Å². The monoisotopic (exact) mass is 381 g/mol. The van der Waals surface area contributed by atoms with Gasteiger partial charge in [-0.25, -0.2) is 14.3 Å². The highest BCUT2D eigenvalue weighted by Gasteiger charge is 2.24. The minimum Gasteiger partial charge on any atom is -0.481 e. The summed E-state index contributed by atoms with van der Waals surface area (Å²) in [6.45, 7) is 7.34. The van der Waals surface area contributed by atoms with E-state index in [9.17, 15) is 9.59 Å². The van der Waals surface area contributed by atoms with Crippen molar-refractivity contribution in [2.45, 2.75) is 39.7 Å². The van der Waals surface area contributed by atoms with Crippen LogP contribution in [0.25, 0.3) is 11.0 Å². The van der Waals surface area contributed by atoms with Crippen LogP contribution in [0.15, 0.2) is 42.5 Å². The van der Waals surface area contributed by atoms with Gasteiger partial charge in [0.1, 0.15) is 5.60 Å². The van der Waals surface area contributed by atoms with Crippen molar-refractivity contribution in [2.24, 2.45) is 0 Å². The van der Waals surface area contributed by atoms with Crippen LogP contribution in [-0.4, -0.2) is 32.3 Å². The van der Waals surface area contributed by atoms with E-state index in [1.807, 2.05) is 31.2 Å². The maximum absolute atomic E-state index is 12.9. The number of carboxylic acids is 1. The average molecular weight is 381 g/mol. The molecule has 2 aromatic carbocycles. The molecule has 0 unspecified atom stereocenters. The molecule has 28 heavy (non-hydrogen) atoms. The SMILES string of the molecule is Cc1ccccc1Nc1nc2cc(CC(=O)O)ccc2n1C(=O)OC(C)(C)C. The molecule has 1 heterocycles. The maximum Gasteiger partial charge on any atom is 0.421 e. The van der Waals surface area contributed by atoms with Crippen molar-refractivity contribution in [1.29, 1.82) is 0 Å². The zero-order valence-electron chi connectivity index (χ0n) is 16.3. The van der Waals surface area contributed by atoms with Crippen molar-refractivity contribution in [3.63, 3.8) is 0 Å². The van der Waals surface area contributed by atoms with Crippen molar-refractivity contribution < 1.29 is 19.4 Å². The number of benzene rings is 2. The summed E-state index contributed by atoms with van der Waals surface area (Å²) < 4.78 is 6.92. The molecule has 2 N–H and O–H groups in total. The molecule has 0 fully saturated rings. The van der Waals surface area contributed by atoms with Crippen LogP contribution in [0.5, 0.6) is 0 Å². The fourth-order valence-electron chi connectivity index (χ4n) is 2.82. The van der Waals surface area contributed by atoms with Crippen molar-refractivity contribution in [1.82, 2.24) is 9.55 Å². The van der Waals surface area contributed by atoms with E-state index in [-0.39, 0.29) is 6.42 Å². The lowest BCUT2D eigenvalue weighted by Gasteiger charge is -2.20. The number of fused-ring (bicyclic) bond motifs is 1. The number of aryl methyl sites for hydroxylation is 1. The van der Waals surface area contributed by atoms with E-state index in [1.165, 1.54) is 4.57 Å². The predicted molar refractivity (Wildman–Crippen MR) is 107 cm³/mol. The standard InChI is InChI=1S/C21H23N3O4/c1-13-7-5-6-8-15(13)22-19-23-16-11-14(12-18(25)26)9-10-17(16)24(19)20(27)28-21(2,3)4/h5-11H,12H2,1-4H3,(H,22,23)(H,25,26). The Kier molecular flexibility index (Phi) is 5.09. The number of nitrogens with one attached hydrogen (secondary N) is 1. The maximum atomic E-state index is 12.9. The van der Waals surface area contributed by atoms with Crippen LogP contribution >= 0.6 is 0 Å². The average Bonchev–Trinajstić information content (AvgIpc) is 2.92. The van der Waals surface area contributed by atoms with E-state index in [0.29, 0.717) is 22.5 Å². The third-order valence-corrected chi connectivity index (χ3v) is 4.04. The summed E-state index contributed by atoms with van der Waals surface area (Å²) in [5.74, 6) is -0.616. The number of rotatable bonds is 4. The van der Waals surface area contributed by atoms with E-state index in [2.05, 4.69) is 10.3 Å². The molecule has 0 radical (unpaired) electrons. The van der Waals surface area contributed by atoms with Crippen LogP contribution in [0.2, 0.25) is 0 Å². The summed E-state index contributed by atoms with van der Waals surface area (Å²) in [6, 6.07) is 12.7. The smallest absolute Gasteiger partial charge is 0.421 e. The second-order valence-corrected chi connectivity index (χ2v) is 7.58. The zero-order valence-corrected chi connectivity index (χ0v) is 16.3. The molecule has 0 spiro atoms. The molecule has 0 atom stereocenters. The van der Waals surface area contributed by atoms with E-state index < -0.39 is 17.7 Å². The Labute approximate surface area is 163 Å². The Hall–Kier alpha value is -3.35. The number of hydrogen-bond donors (Lipinski definition) is 2. The summed E-state index contributed by atoms with van der Waals surface area (Å²) in [5.41, 5.74) is 2.80. The zero-order chi connectivity index (χ0) is 20.5. The minimum absolute atomic E-state index is 0.115. The molecule has 0 aliphatic rings. The quantitative estimate of drug-likeness (QED) is 0.691. The van der Waals surface area contributed by atoms with Crippen LogP contribution in [0.3, 0.4) is 0 Å². The van der Waals surface area contributed by atoms with Crippen molar-refractivity contribution in [3.8, 4) is 0 Å². The summed E-state index contributed by atoms with van der Waals surface area (Å²) in [7, 11) is 0. The van der Waals surface area contributed by atoms with Gasteiger partial charge in [-0.1, -0.05) is 24.3 Å². The molecule has 1 aromatic heterocycles. The Morgan fingerprint density at radius 1 is 1.18 bits per heavy atom. The molecule has 0 aliphatic carbocycles. The van der Waals surface area contributed by atoms with Crippen molar-refractivity contribution in [2.75, 3.05) is 5.32 Å². The van der Waals surface area contributed by atoms with Gasteiger partial charge in [0.25, 0.3) is 0 Å². The lowest BCUT2D eigenvalue weighted by atomic mass is 10.1. The molecule has 3 aromatic rings. The van der Waals surface area contributed by atoms with Crippen molar-refractivity contribution >= 4 is 34.7 Å². The molecule has 0 saturated carbocycles. The molecule has 7 heteroatoms. The number of nitrogens with zero attached hydrogens (tertiary/aromatic N) is 2. The summed E-state index contributed by atoms with van der Waals surface area (Å²) in [4.78, 5) is 28.4. The number of carbonyl (C=O) groups is 2. The van der Waals surface area contributed by atoms with Crippen molar-refractivity contribution in [3.05, 3.63) is 53.6 Å². The fraction of sp³-hybridized carbons (Fsp3) is 0.286. The number of anilines is 2. The number of imidazole rings is 1. The number of carbonyl (C=O) groups excluding carboxylic acids is 1. The molecule has 3 rings (SSSR count). The summed E-state index contributed by atoms with van der Waals surface area (Å²) in [6.07, 6.45) is -0.674. The Balaban J connectivity index is 2.11. The third-order valence-electron chi connectivity index (χ3n) is 4.04. The van der Waals surface area contributed by atoms with Gasteiger partial charge in [0.2, 0.25) is 5.95 Å². The van der Waals surface area contributed by atoms with Crippen LogP contribution in [0, 0.1) is 6.92 Å². The van der Waals surface area contributed by atoms with E-state index in [1.54, 1.807) is 39.0 Å².